The van der Waals surface area contributed by atoms with Gasteiger partial charge in [0, 0.05) is 29.9 Å². The Balaban J connectivity index is 1.49. The van der Waals surface area contributed by atoms with Gasteiger partial charge in [0.1, 0.15) is 0 Å². The molecule has 0 spiro atoms. The summed E-state index contributed by atoms with van der Waals surface area (Å²) in [7, 11) is 0. The first kappa shape index (κ1) is 14.9. The lowest BCUT2D eigenvalue weighted by Crippen LogP contribution is -2.26. The minimum atomic E-state index is 0.707. The Labute approximate surface area is 121 Å². The lowest BCUT2D eigenvalue weighted by Gasteiger charge is -2.10. The van der Waals surface area contributed by atoms with Gasteiger partial charge in [-0.05, 0) is 37.4 Å². The van der Waals surface area contributed by atoms with E-state index in [0.29, 0.717) is 5.25 Å². The molecule has 1 atom stereocenters. The average Bonchev–Trinajstić information content (AvgIpc) is 2.84. The van der Waals surface area contributed by atoms with Crippen molar-refractivity contribution in [1.82, 2.24) is 5.32 Å². The Morgan fingerprint density at radius 1 is 1.26 bits per heavy atom. The van der Waals surface area contributed by atoms with Gasteiger partial charge in [-0.3, -0.25) is 0 Å². The van der Waals surface area contributed by atoms with E-state index in [1.165, 1.54) is 29.7 Å². The van der Waals surface area contributed by atoms with Crippen LogP contribution in [0, 0.1) is 0 Å². The summed E-state index contributed by atoms with van der Waals surface area (Å²) in [6, 6.07) is 8.77. The van der Waals surface area contributed by atoms with Crippen LogP contribution in [0.4, 0.5) is 0 Å². The van der Waals surface area contributed by atoms with Crippen LogP contribution in [0.5, 0.6) is 0 Å². The quantitative estimate of drug-likeness (QED) is 0.699. The average molecular weight is 279 g/mol. The van der Waals surface area contributed by atoms with E-state index in [2.05, 4.69) is 36.5 Å². The molecule has 0 aliphatic carbocycles. The second-order valence-corrected chi connectivity index (χ2v) is 6.42. The number of ether oxygens (including phenoxy) is 1. The molecule has 106 valence electrons. The summed E-state index contributed by atoms with van der Waals surface area (Å²) in [5, 5.41) is 4.26. The van der Waals surface area contributed by atoms with Gasteiger partial charge in [-0.2, -0.15) is 0 Å². The zero-order valence-electron chi connectivity index (χ0n) is 11.9. The monoisotopic (exact) mass is 279 g/mol. The first-order valence-corrected chi connectivity index (χ1v) is 8.31. The zero-order chi connectivity index (χ0) is 13.3. The number of rotatable bonds is 9. The van der Waals surface area contributed by atoms with Gasteiger partial charge in [-0.25, -0.2) is 0 Å². The van der Waals surface area contributed by atoms with Gasteiger partial charge in [0.05, 0.1) is 0 Å². The molecule has 0 saturated heterocycles. The summed E-state index contributed by atoms with van der Waals surface area (Å²) in [6.07, 6.45) is 4.73. The highest BCUT2D eigenvalue weighted by atomic mass is 32.2. The topological polar surface area (TPSA) is 21.3 Å². The minimum absolute atomic E-state index is 0.707. The van der Waals surface area contributed by atoms with Gasteiger partial charge < -0.3 is 10.1 Å². The molecule has 1 N–H and O–H groups in total. The Morgan fingerprint density at radius 2 is 2.11 bits per heavy atom. The molecular formula is C16H25NOS. The molecular weight excluding hydrogens is 254 g/mol. The van der Waals surface area contributed by atoms with Crippen LogP contribution in [0.1, 0.15) is 31.7 Å². The van der Waals surface area contributed by atoms with Gasteiger partial charge >= 0.3 is 0 Å². The SMILES string of the molecule is CCCCOCCCNCC1Cc2ccccc2S1. The predicted molar refractivity (Wildman–Crippen MR) is 83.0 cm³/mol. The van der Waals surface area contributed by atoms with Crippen LogP contribution in [0.3, 0.4) is 0 Å². The van der Waals surface area contributed by atoms with E-state index < -0.39 is 0 Å². The highest BCUT2D eigenvalue weighted by molar-refractivity contribution is 8.00. The van der Waals surface area contributed by atoms with E-state index in [1.807, 2.05) is 11.8 Å². The molecule has 1 heterocycles. The highest BCUT2D eigenvalue weighted by Gasteiger charge is 2.20. The van der Waals surface area contributed by atoms with Gasteiger partial charge in [-0.1, -0.05) is 31.5 Å². The normalized spacial score (nSPS) is 17.6. The van der Waals surface area contributed by atoms with E-state index in [9.17, 15) is 0 Å². The van der Waals surface area contributed by atoms with E-state index in [1.54, 1.807) is 0 Å². The molecule has 0 fully saturated rings. The van der Waals surface area contributed by atoms with Crippen molar-refractivity contribution in [2.24, 2.45) is 0 Å². The smallest absolute Gasteiger partial charge is 0.0478 e. The molecule has 19 heavy (non-hydrogen) atoms. The second-order valence-electron chi connectivity index (χ2n) is 5.08. The molecule has 0 saturated carbocycles. The van der Waals surface area contributed by atoms with E-state index in [-0.39, 0.29) is 0 Å². The number of unbranched alkanes of at least 4 members (excludes halogenated alkanes) is 1. The first-order chi connectivity index (χ1) is 9.40. The fraction of sp³-hybridized carbons (Fsp3) is 0.625. The Kier molecular flexibility index (Phi) is 6.75. The Bertz CT molecular complexity index is 345. The van der Waals surface area contributed by atoms with Gasteiger partial charge in [0.15, 0.2) is 0 Å². The maximum Gasteiger partial charge on any atom is 0.0478 e. The fourth-order valence-corrected chi connectivity index (χ4v) is 3.56. The summed E-state index contributed by atoms with van der Waals surface area (Å²) in [5.41, 5.74) is 1.52. The van der Waals surface area contributed by atoms with E-state index in [4.69, 9.17) is 4.74 Å². The molecule has 0 bridgehead atoms. The van der Waals surface area contributed by atoms with Crippen LogP contribution < -0.4 is 5.32 Å². The predicted octanol–water partition coefficient (Wildman–Crippen LogP) is 3.50. The van der Waals surface area contributed by atoms with Crippen LogP contribution in [0.2, 0.25) is 0 Å². The lowest BCUT2D eigenvalue weighted by atomic mass is 10.1. The van der Waals surface area contributed by atoms with Crippen molar-refractivity contribution in [2.45, 2.75) is 42.8 Å². The summed E-state index contributed by atoms with van der Waals surface area (Å²) in [4.78, 5) is 1.47. The Morgan fingerprint density at radius 3 is 2.95 bits per heavy atom. The zero-order valence-corrected chi connectivity index (χ0v) is 12.7. The minimum Gasteiger partial charge on any atom is -0.381 e. The molecule has 0 radical (unpaired) electrons. The highest BCUT2D eigenvalue weighted by Crippen LogP contribution is 2.36. The maximum atomic E-state index is 5.55. The number of thioether (sulfide) groups is 1. The second kappa shape index (κ2) is 8.62. The van der Waals surface area contributed by atoms with Crippen molar-refractivity contribution in [2.75, 3.05) is 26.3 Å². The molecule has 1 unspecified atom stereocenters. The largest absolute Gasteiger partial charge is 0.381 e. The summed E-state index contributed by atoms with van der Waals surface area (Å²) in [6.45, 7) is 6.19. The number of fused-ring (bicyclic) bond motifs is 1. The lowest BCUT2D eigenvalue weighted by molar-refractivity contribution is 0.129. The Hall–Kier alpha value is -0.510. The molecule has 1 aromatic rings. The molecule has 1 aromatic carbocycles. The molecule has 1 aliphatic heterocycles. The summed E-state index contributed by atoms with van der Waals surface area (Å²) < 4.78 is 5.55. The molecule has 3 heteroatoms. The third kappa shape index (κ3) is 5.17. The molecule has 0 aromatic heterocycles. The van der Waals surface area contributed by atoms with Crippen molar-refractivity contribution < 1.29 is 4.74 Å². The van der Waals surface area contributed by atoms with Crippen LogP contribution in [0.25, 0.3) is 0 Å². The molecule has 2 rings (SSSR count). The van der Waals surface area contributed by atoms with E-state index in [0.717, 1.165) is 32.7 Å². The number of nitrogens with one attached hydrogen (secondary N) is 1. The van der Waals surface area contributed by atoms with Crippen molar-refractivity contribution in [3.63, 3.8) is 0 Å². The van der Waals surface area contributed by atoms with Crippen LogP contribution in [-0.4, -0.2) is 31.6 Å². The maximum absolute atomic E-state index is 5.55. The standard InChI is InChI=1S/C16H25NOS/c1-2-3-10-18-11-6-9-17-13-15-12-14-7-4-5-8-16(14)19-15/h4-5,7-8,15,17H,2-3,6,9-13H2,1H3. The molecule has 1 aliphatic rings. The van der Waals surface area contributed by atoms with Gasteiger partial charge in [-0.15, -0.1) is 11.8 Å². The van der Waals surface area contributed by atoms with Crippen molar-refractivity contribution in [1.29, 1.82) is 0 Å². The van der Waals surface area contributed by atoms with Crippen LogP contribution in [-0.2, 0) is 11.2 Å². The summed E-state index contributed by atoms with van der Waals surface area (Å²) >= 11 is 2.02. The van der Waals surface area contributed by atoms with Crippen LogP contribution in [0.15, 0.2) is 29.2 Å². The first-order valence-electron chi connectivity index (χ1n) is 7.43. The molecule has 0 amide bonds. The fourth-order valence-electron chi connectivity index (χ4n) is 2.28. The van der Waals surface area contributed by atoms with Crippen molar-refractivity contribution in [3.05, 3.63) is 29.8 Å². The third-order valence-corrected chi connectivity index (χ3v) is 4.69. The third-order valence-electron chi connectivity index (χ3n) is 3.37. The number of hydrogen-bond acceptors (Lipinski definition) is 3. The van der Waals surface area contributed by atoms with Crippen molar-refractivity contribution in [3.8, 4) is 0 Å². The van der Waals surface area contributed by atoms with Gasteiger partial charge in [0.25, 0.3) is 0 Å². The van der Waals surface area contributed by atoms with E-state index >= 15 is 0 Å². The number of hydrogen-bond donors (Lipinski definition) is 1. The van der Waals surface area contributed by atoms with Crippen molar-refractivity contribution >= 4 is 11.8 Å². The summed E-state index contributed by atoms with van der Waals surface area (Å²) in [5.74, 6) is 0. The molecule has 2 nitrogen and oxygen atoms in total. The van der Waals surface area contributed by atoms with Gasteiger partial charge in [0.2, 0.25) is 0 Å². The van der Waals surface area contributed by atoms with Crippen LogP contribution >= 0.6 is 11.8 Å². The number of benzene rings is 1.